The molecule has 0 unspecified atom stereocenters. The van der Waals surface area contributed by atoms with E-state index in [0.29, 0.717) is 4.88 Å². The Hall–Kier alpha value is -0.950. The smallest absolute Gasteiger partial charge is 0.348 e. The van der Waals surface area contributed by atoms with Crippen molar-refractivity contribution in [3.8, 4) is 19.5 Å². The van der Waals surface area contributed by atoms with Crippen LogP contribution < -0.4 is 0 Å². The topological polar surface area (TPSA) is 26.3 Å². The maximum Gasteiger partial charge on any atom is 0.348 e. The van der Waals surface area contributed by atoms with E-state index in [2.05, 4.69) is 40.2 Å². The summed E-state index contributed by atoms with van der Waals surface area (Å²) >= 11 is 8.40. The molecule has 20 heavy (non-hydrogen) atoms. The first-order chi connectivity index (χ1) is 9.67. The summed E-state index contributed by atoms with van der Waals surface area (Å²) in [4.78, 5) is 16.9. The molecule has 0 spiro atoms. The lowest BCUT2D eigenvalue weighted by Crippen LogP contribution is -1.96. The van der Waals surface area contributed by atoms with Gasteiger partial charge in [0.05, 0.1) is 10.9 Å². The maximum absolute atomic E-state index is 11.5. The number of carbonyl (C=O) groups is 1. The van der Waals surface area contributed by atoms with Crippen LogP contribution in [0.5, 0.6) is 0 Å². The molecule has 3 aromatic heterocycles. The molecule has 0 amide bonds. The summed E-state index contributed by atoms with van der Waals surface area (Å²) in [5.74, 6) is -0.278. The van der Waals surface area contributed by atoms with Gasteiger partial charge in [-0.1, -0.05) is 0 Å². The fourth-order valence-corrected chi connectivity index (χ4v) is 5.23. The molecule has 0 bridgehead atoms. The van der Waals surface area contributed by atoms with E-state index in [1.807, 2.05) is 12.1 Å². The number of rotatable bonds is 3. The molecule has 0 aliphatic heterocycles. The zero-order valence-corrected chi connectivity index (χ0v) is 14.4. The van der Waals surface area contributed by atoms with E-state index in [9.17, 15) is 4.79 Å². The number of halogens is 1. The lowest BCUT2D eigenvalue weighted by atomic mass is 10.3. The molecule has 102 valence electrons. The Kier molecular flexibility index (Phi) is 4.07. The molecule has 0 radical (unpaired) electrons. The fraction of sp³-hybridized carbons (Fsp3) is 0.0714. The third-order valence-electron chi connectivity index (χ3n) is 2.66. The van der Waals surface area contributed by atoms with Crippen LogP contribution in [0.3, 0.4) is 0 Å². The van der Waals surface area contributed by atoms with Crippen LogP contribution >= 0.6 is 49.9 Å². The van der Waals surface area contributed by atoms with Crippen molar-refractivity contribution in [2.75, 3.05) is 7.11 Å². The van der Waals surface area contributed by atoms with Crippen LogP contribution in [0.1, 0.15) is 9.67 Å². The van der Waals surface area contributed by atoms with Gasteiger partial charge < -0.3 is 4.74 Å². The number of esters is 1. The van der Waals surface area contributed by atoms with Crippen molar-refractivity contribution < 1.29 is 9.53 Å². The van der Waals surface area contributed by atoms with Crippen LogP contribution in [0.15, 0.2) is 40.2 Å². The second-order valence-corrected chi connectivity index (χ2v) is 8.55. The average molecular weight is 385 g/mol. The Morgan fingerprint density at radius 3 is 2.05 bits per heavy atom. The first-order valence-electron chi connectivity index (χ1n) is 5.71. The number of carbonyl (C=O) groups excluding carboxylic acids is 1. The van der Waals surface area contributed by atoms with Crippen molar-refractivity contribution >= 4 is 55.9 Å². The van der Waals surface area contributed by atoms with Crippen molar-refractivity contribution in [2.24, 2.45) is 0 Å². The molecule has 2 nitrogen and oxygen atoms in total. The van der Waals surface area contributed by atoms with Crippen molar-refractivity contribution in [1.29, 1.82) is 0 Å². The lowest BCUT2D eigenvalue weighted by Gasteiger charge is -1.92. The highest BCUT2D eigenvalue weighted by Gasteiger charge is 2.12. The van der Waals surface area contributed by atoms with Crippen LogP contribution in [0.25, 0.3) is 19.5 Å². The Labute approximate surface area is 136 Å². The van der Waals surface area contributed by atoms with E-state index >= 15 is 0 Å². The monoisotopic (exact) mass is 384 g/mol. The van der Waals surface area contributed by atoms with Gasteiger partial charge in [-0.2, -0.15) is 0 Å². The molecule has 0 saturated heterocycles. The Morgan fingerprint density at radius 1 is 0.900 bits per heavy atom. The quantitative estimate of drug-likeness (QED) is 0.537. The summed E-state index contributed by atoms with van der Waals surface area (Å²) in [6.07, 6.45) is 0. The van der Waals surface area contributed by atoms with E-state index in [1.165, 1.54) is 33.1 Å². The SMILES string of the molecule is COC(=O)c1ccc(-c2ccc(-c3ccc(Br)s3)s2)s1. The zero-order chi connectivity index (χ0) is 14.1. The van der Waals surface area contributed by atoms with Crippen LogP contribution in [0.2, 0.25) is 0 Å². The second kappa shape index (κ2) is 5.81. The van der Waals surface area contributed by atoms with Gasteiger partial charge in [-0.05, 0) is 52.3 Å². The molecule has 0 fully saturated rings. The van der Waals surface area contributed by atoms with Crippen molar-refractivity contribution in [2.45, 2.75) is 0 Å². The van der Waals surface area contributed by atoms with E-state index in [-0.39, 0.29) is 5.97 Å². The summed E-state index contributed by atoms with van der Waals surface area (Å²) in [5, 5.41) is 0. The molecule has 0 aliphatic carbocycles. The van der Waals surface area contributed by atoms with Crippen LogP contribution in [-0.2, 0) is 4.74 Å². The molecular weight excluding hydrogens is 376 g/mol. The highest BCUT2D eigenvalue weighted by atomic mass is 79.9. The summed E-state index contributed by atoms with van der Waals surface area (Å²) in [6.45, 7) is 0. The minimum Gasteiger partial charge on any atom is -0.465 e. The van der Waals surface area contributed by atoms with E-state index in [1.54, 1.807) is 22.7 Å². The second-order valence-electron chi connectivity index (χ2n) is 3.92. The van der Waals surface area contributed by atoms with Gasteiger partial charge in [-0.25, -0.2) is 4.79 Å². The van der Waals surface area contributed by atoms with Gasteiger partial charge in [0.15, 0.2) is 0 Å². The van der Waals surface area contributed by atoms with Gasteiger partial charge in [0, 0.05) is 19.5 Å². The lowest BCUT2D eigenvalue weighted by molar-refractivity contribution is 0.0606. The van der Waals surface area contributed by atoms with Crippen molar-refractivity contribution in [3.05, 3.63) is 45.1 Å². The summed E-state index contributed by atoms with van der Waals surface area (Å²) in [5.41, 5.74) is 0. The predicted octanol–water partition coefficient (Wildman–Crippen LogP) is 5.75. The third-order valence-corrected chi connectivity index (χ3v) is 6.82. The minimum atomic E-state index is -0.278. The summed E-state index contributed by atoms with van der Waals surface area (Å²) < 4.78 is 5.87. The van der Waals surface area contributed by atoms with Crippen molar-refractivity contribution in [1.82, 2.24) is 0 Å². The number of ether oxygens (including phenoxy) is 1. The Morgan fingerprint density at radius 2 is 1.45 bits per heavy atom. The standard InChI is InChI=1S/C14H9BrO2S3/c1-17-14(16)12-5-4-9(19-12)8-2-3-10(18-8)11-6-7-13(15)20-11/h2-7H,1H3. The highest BCUT2D eigenvalue weighted by Crippen LogP contribution is 2.40. The largest absolute Gasteiger partial charge is 0.465 e. The normalized spacial score (nSPS) is 10.7. The molecular formula is C14H9BrO2S3. The first kappa shape index (κ1) is 14.0. The van der Waals surface area contributed by atoms with Crippen LogP contribution in [0, 0.1) is 0 Å². The summed E-state index contributed by atoms with van der Waals surface area (Å²) in [6, 6.07) is 12.2. The molecule has 0 saturated carbocycles. The number of hydrogen-bond donors (Lipinski definition) is 0. The number of thiophene rings is 3. The molecule has 0 aliphatic rings. The molecule has 0 N–H and O–H groups in total. The van der Waals surface area contributed by atoms with Crippen LogP contribution in [-0.4, -0.2) is 13.1 Å². The minimum absolute atomic E-state index is 0.278. The molecule has 3 aromatic rings. The number of methoxy groups -OCH3 is 1. The van der Waals surface area contributed by atoms with Crippen LogP contribution in [0.4, 0.5) is 0 Å². The Balaban J connectivity index is 1.90. The van der Waals surface area contributed by atoms with Gasteiger partial charge in [-0.3, -0.25) is 0 Å². The predicted molar refractivity (Wildman–Crippen MR) is 90.0 cm³/mol. The van der Waals surface area contributed by atoms with Gasteiger partial charge in [0.1, 0.15) is 4.88 Å². The molecule has 3 heterocycles. The maximum atomic E-state index is 11.5. The van der Waals surface area contributed by atoms with E-state index < -0.39 is 0 Å². The highest BCUT2D eigenvalue weighted by molar-refractivity contribution is 9.11. The fourth-order valence-electron chi connectivity index (χ4n) is 1.73. The molecule has 6 heteroatoms. The van der Waals surface area contributed by atoms with E-state index in [4.69, 9.17) is 4.74 Å². The van der Waals surface area contributed by atoms with Gasteiger partial charge in [-0.15, -0.1) is 34.0 Å². The molecule has 3 rings (SSSR count). The van der Waals surface area contributed by atoms with Gasteiger partial charge in [0.2, 0.25) is 0 Å². The van der Waals surface area contributed by atoms with E-state index in [0.717, 1.165) is 8.66 Å². The van der Waals surface area contributed by atoms with Gasteiger partial charge >= 0.3 is 5.97 Å². The van der Waals surface area contributed by atoms with Gasteiger partial charge in [0.25, 0.3) is 0 Å². The molecule has 0 aromatic carbocycles. The first-order valence-corrected chi connectivity index (χ1v) is 8.95. The molecule has 0 atom stereocenters. The summed E-state index contributed by atoms with van der Waals surface area (Å²) in [7, 11) is 1.40. The zero-order valence-electron chi connectivity index (χ0n) is 10.4. The third kappa shape index (κ3) is 2.74. The van der Waals surface area contributed by atoms with Crippen molar-refractivity contribution in [3.63, 3.8) is 0 Å². The average Bonchev–Trinajstić information content (AvgIpc) is 3.16. The Bertz CT molecular complexity index is 754. The number of hydrogen-bond acceptors (Lipinski definition) is 5.